The molecule has 0 radical (unpaired) electrons. The highest BCUT2D eigenvalue weighted by molar-refractivity contribution is 5.94. The van der Waals surface area contributed by atoms with Crippen LogP contribution in [0.25, 0.3) is 0 Å². The number of carboxylic acids is 1. The molecule has 1 atom stereocenters. The molecule has 1 aliphatic heterocycles. The average molecular weight is 346 g/mol. The molecule has 0 aromatic heterocycles. The second-order valence-electron chi connectivity index (χ2n) is 6.31. The minimum Gasteiger partial charge on any atom is -0.490 e. The molecule has 1 aromatic carbocycles. The monoisotopic (exact) mass is 346 g/mol. The predicted molar refractivity (Wildman–Crippen MR) is 95.9 cm³/mol. The minimum atomic E-state index is -0.821. The number of hydrogen-bond donors (Lipinski definition) is 1. The van der Waals surface area contributed by atoms with Crippen molar-refractivity contribution in [3.8, 4) is 5.75 Å². The van der Waals surface area contributed by atoms with Crippen LogP contribution in [0, 0.1) is 0 Å². The van der Waals surface area contributed by atoms with Gasteiger partial charge in [-0.25, -0.2) is 0 Å². The van der Waals surface area contributed by atoms with Gasteiger partial charge in [0.15, 0.2) is 0 Å². The Bertz CT molecular complexity index is 600. The van der Waals surface area contributed by atoms with Crippen molar-refractivity contribution < 1.29 is 19.4 Å². The summed E-state index contributed by atoms with van der Waals surface area (Å²) in [6.45, 7) is 5.41. The molecule has 1 aromatic rings. The molecule has 136 valence electrons. The number of nitrogens with zero attached hydrogens (tertiary/aromatic N) is 2. The van der Waals surface area contributed by atoms with Gasteiger partial charge in [-0.05, 0) is 50.6 Å². The molecule has 1 unspecified atom stereocenters. The van der Waals surface area contributed by atoms with Crippen LogP contribution in [0.1, 0.15) is 29.6 Å². The Morgan fingerprint density at radius 1 is 1.32 bits per heavy atom. The molecule has 6 nitrogen and oxygen atoms in total. The summed E-state index contributed by atoms with van der Waals surface area (Å²) in [6.07, 6.45) is 4.24. The number of amides is 1. The van der Waals surface area contributed by atoms with Gasteiger partial charge in [-0.2, -0.15) is 0 Å². The Morgan fingerprint density at radius 3 is 2.68 bits per heavy atom. The number of carbonyl (C=O) groups is 2. The Hall–Kier alpha value is -2.34. The first kappa shape index (κ1) is 19.0. The van der Waals surface area contributed by atoms with E-state index in [1.807, 2.05) is 16.8 Å². The molecule has 2 rings (SSSR count). The van der Waals surface area contributed by atoms with Gasteiger partial charge in [-0.1, -0.05) is 12.7 Å². The molecular weight excluding hydrogens is 320 g/mol. The van der Waals surface area contributed by atoms with Crippen molar-refractivity contribution in [2.45, 2.75) is 25.3 Å². The van der Waals surface area contributed by atoms with Crippen molar-refractivity contribution >= 4 is 11.9 Å². The average Bonchev–Trinajstić information content (AvgIpc) is 2.85. The number of likely N-dealkylation sites (N-methyl/N-ethyl adjacent to an activating group) is 1. The van der Waals surface area contributed by atoms with Gasteiger partial charge >= 0.3 is 5.97 Å². The second kappa shape index (κ2) is 9.22. The first-order chi connectivity index (χ1) is 12.0. The van der Waals surface area contributed by atoms with Gasteiger partial charge in [0.1, 0.15) is 12.4 Å². The van der Waals surface area contributed by atoms with Gasteiger partial charge in [0.25, 0.3) is 5.91 Å². The topological polar surface area (TPSA) is 70.1 Å². The normalized spacial score (nSPS) is 17.8. The van der Waals surface area contributed by atoms with E-state index in [-0.39, 0.29) is 18.5 Å². The van der Waals surface area contributed by atoms with Crippen LogP contribution < -0.4 is 4.74 Å². The van der Waals surface area contributed by atoms with Crippen molar-refractivity contribution in [1.82, 2.24) is 9.80 Å². The van der Waals surface area contributed by atoms with E-state index in [4.69, 9.17) is 9.84 Å². The van der Waals surface area contributed by atoms with E-state index in [1.54, 1.807) is 30.3 Å². The van der Waals surface area contributed by atoms with Crippen molar-refractivity contribution in [2.75, 3.05) is 33.3 Å². The van der Waals surface area contributed by atoms with Crippen LogP contribution in [0.3, 0.4) is 0 Å². The molecule has 1 amide bonds. The summed E-state index contributed by atoms with van der Waals surface area (Å²) in [6, 6.07) is 7.33. The number of likely N-dealkylation sites (tertiary alicyclic amines) is 1. The summed E-state index contributed by atoms with van der Waals surface area (Å²) < 4.78 is 5.43. The SMILES string of the molecule is C=CCOc1ccc(C(=O)N2CCCC(N(C)CC(=O)O)CC2)cc1. The van der Waals surface area contributed by atoms with Crippen LogP contribution in [-0.2, 0) is 4.79 Å². The number of benzene rings is 1. The van der Waals surface area contributed by atoms with Crippen LogP contribution in [0.2, 0.25) is 0 Å². The van der Waals surface area contributed by atoms with Gasteiger partial charge in [0.05, 0.1) is 6.54 Å². The van der Waals surface area contributed by atoms with E-state index in [1.165, 1.54) is 0 Å². The van der Waals surface area contributed by atoms with Crippen LogP contribution in [-0.4, -0.2) is 66.1 Å². The van der Waals surface area contributed by atoms with Crippen LogP contribution in [0.15, 0.2) is 36.9 Å². The third-order valence-corrected chi connectivity index (χ3v) is 4.46. The Labute approximate surface area is 148 Å². The molecule has 6 heteroatoms. The van der Waals surface area contributed by atoms with Crippen molar-refractivity contribution in [3.63, 3.8) is 0 Å². The largest absolute Gasteiger partial charge is 0.490 e. The van der Waals surface area contributed by atoms with E-state index in [9.17, 15) is 9.59 Å². The lowest BCUT2D eigenvalue weighted by Crippen LogP contribution is -2.37. The fraction of sp³-hybridized carbons (Fsp3) is 0.474. The quantitative estimate of drug-likeness (QED) is 0.767. The zero-order valence-corrected chi connectivity index (χ0v) is 14.7. The summed E-state index contributed by atoms with van der Waals surface area (Å²) in [5.41, 5.74) is 0.642. The van der Waals surface area contributed by atoms with Gasteiger partial charge in [-0.3, -0.25) is 14.5 Å². The maximum Gasteiger partial charge on any atom is 0.317 e. The fourth-order valence-corrected chi connectivity index (χ4v) is 3.10. The van der Waals surface area contributed by atoms with E-state index in [2.05, 4.69) is 6.58 Å². The standard InChI is InChI=1S/C19H26N2O4/c1-3-13-25-17-8-6-15(7-9-17)19(24)21-11-4-5-16(10-12-21)20(2)14-18(22)23/h3,6-9,16H,1,4-5,10-14H2,2H3,(H,22,23). The summed E-state index contributed by atoms with van der Waals surface area (Å²) in [5, 5.41) is 8.93. The number of carboxylic acid groups (broad SMARTS) is 1. The van der Waals surface area contributed by atoms with Crippen LogP contribution >= 0.6 is 0 Å². The molecule has 1 fully saturated rings. The van der Waals surface area contributed by atoms with Crippen molar-refractivity contribution in [2.24, 2.45) is 0 Å². The molecule has 0 saturated carbocycles. The molecular formula is C19H26N2O4. The molecule has 1 N–H and O–H groups in total. The summed E-state index contributed by atoms with van der Waals surface area (Å²) >= 11 is 0. The molecule has 1 heterocycles. The Morgan fingerprint density at radius 2 is 2.04 bits per heavy atom. The van der Waals surface area contributed by atoms with Crippen molar-refractivity contribution in [1.29, 1.82) is 0 Å². The highest BCUT2D eigenvalue weighted by atomic mass is 16.5. The lowest BCUT2D eigenvalue weighted by molar-refractivity contribution is -0.138. The number of carbonyl (C=O) groups excluding carboxylic acids is 1. The zero-order valence-electron chi connectivity index (χ0n) is 14.7. The molecule has 0 bridgehead atoms. The van der Waals surface area contributed by atoms with Crippen molar-refractivity contribution in [3.05, 3.63) is 42.5 Å². The number of ether oxygens (including phenoxy) is 1. The highest BCUT2D eigenvalue weighted by Gasteiger charge is 2.24. The summed E-state index contributed by atoms with van der Waals surface area (Å²) in [7, 11) is 1.83. The third-order valence-electron chi connectivity index (χ3n) is 4.46. The van der Waals surface area contributed by atoms with Gasteiger partial charge in [-0.15, -0.1) is 0 Å². The maximum absolute atomic E-state index is 12.7. The predicted octanol–water partition coefficient (Wildman–Crippen LogP) is 2.26. The Balaban J connectivity index is 1.93. The van der Waals surface area contributed by atoms with Gasteiger partial charge in [0, 0.05) is 24.7 Å². The fourth-order valence-electron chi connectivity index (χ4n) is 3.10. The molecule has 25 heavy (non-hydrogen) atoms. The number of aliphatic carboxylic acids is 1. The molecule has 0 spiro atoms. The van der Waals surface area contributed by atoms with Gasteiger partial charge in [0.2, 0.25) is 0 Å². The Kier molecular flexibility index (Phi) is 7.01. The van der Waals surface area contributed by atoms with E-state index in [0.717, 1.165) is 19.3 Å². The van der Waals surface area contributed by atoms with E-state index in [0.29, 0.717) is 31.0 Å². The molecule has 1 saturated heterocycles. The zero-order chi connectivity index (χ0) is 18.2. The maximum atomic E-state index is 12.7. The number of hydrogen-bond acceptors (Lipinski definition) is 4. The van der Waals surface area contributed by atoms with Gasteiger partial charge < -0.3 is 14.7 Å². The van der Waals surface area contributed by atoms with E-state index < -0.39 is 5.97 Å². The first-order valence-electron chi connectivity index (χ1n) is 8.56. The van der Waals surface area contributed by atoms with E-state index >= 15 is 0 Å². The molecule has 0 aliphatic carbocycles. The van der Waals surface area contributed by atoms with Crippen LogP contribution in [0.5, 0.6) is 5.75 Å². The third kappa shape index (κ3) is 5.60. The lowest BCUT2D eigenvalue weighted by Gasteiger charge is -2.25. The lowest BCUT2D eigenvalue weighted by atomic mass is 10.1. The summed E-state index contributed by atoms with van der Waals surface area (Å²) in [4.78, 5) is 27.3. The number of rotatable bonds is 7. The first-order valence-corrected chi connectivity index (χ1v) is 8.56. The van der Waals surface area contributed by atoms with Crippen LogP contribution in [0.4, 0.5) is 0 Å². The summed E-state index contributed by atoms with van der Waals surface area (Å²) in [5.74, 6) is -0.0991. The smallest absolute Gasteiger partial charge is 0.317 e. The minimum absolute atomic E-state index is 0.0109. The highest BCUT2D eigenvalue weighted by Crippen LogP contribution is 2.19. The second-order valence-corrected chi connectivity index (χ2v) is 6.31. The molecule has 1 aliphatic rings.